The zero-order chi connectivity index (χ0) is 23.8. The van der Waals surface area contributed by atoms with Crippen LogP contribution in [0.25, 0.3) is 6.08 Å². The number of ether oxygens (including phenoxy) is 2. The van der Waals surface area contributed by atoms with Gasteiger partial charge in [0.05, 0.1) is 11.1 Å². The Labute approximate surface area is 217 Å². The number of carbonyl (C=O) groups is 1. The summed E-state index contributed by atoms with van der Waals surface area (Å²) in [6.45, 7) is 2.65. The molecule has 0 aromatic heterocycles. The number of halogens is 3. The Hall–Kier alpha value is -2.60. The molecule has 3 rings (SSSR count). The van der Waals surface area contributed by atoms with E-state index in [2.05, 4.69) is 53.1 Å². The number of hydrogen-bond donors (Lipinski definition) is 1. The maximum absolute atomic E-state index is 12.6. The predicted molar refractivity (Wildman–Crippen MR) is 140 cm³/mol. The summed E-state index contributed by atoms with van der Waals surface area (Å²) in [7, 11) is 0. The lowest BCUT2D eigenvalue weighted by Crippen LogP contribution is -2.13. The van der Waals surface area contributed by atoms with Gasteiger partial charge in [0, 0.05) is 20.2 Å². The van der Waals surface area contributed by atoms with Crippen LogP contribution in [0.1, 0.15) is 18.1 Å². The van der Waals surface area contributed by atoms with Crippen molar-refractivity contribution in [3.63, 3.8) is 0 Å². The summed E-state index contributed by atoms with van der Waals surface area (Å²) in [4.78, 5) is 12.6. The molecule has 8 heteroatoms. The van der Waals surface area contributed by atoms with E-state index in [1.165, 1.54) is 6.08 Å². The van der Waals surface area contributed by atoms with Gasteiger partial charge in [0.1, 0.15) is 18.2 Å². The first kappa shape index (κ1) is 25.0. The summed E-state index contributed by atoms with van der Waals surface area (Å²) in [5.74, 6) is 0.557. The minimum absolute atomic E-state index is 0.0332. The third-order valence-electron chi connectivity index (χ3n) is 4.44. The van der Waals surface area contributed by atoms with Gasteiger partial charge in [-0.2, -0.15) is 5.26 Å². The molecular formula is C25H19Br3N2O3. The number of hydrogen-bond acceptors (Lipinski definition) is 4. The Bertz CT molecular complexity index is 1220. The maximum atomic E-state index is 12.6. The molecule has 0 fully saturated rings. The number of anilines is 1. The van der Waals surface area contributed by atoms with Crippen molar-refractivity contribution in [2.45, 2.75) is 13.5 Å². The van der Waals surface area contributed by atoms with Crippen LogP contribution in [0.3, 0.4) is 0 Å². The van der Waals surface area contributed by atoms with Crippen LogP contribution < -0.4 is 14.8 Å². The Balaban J connectivity index is 1.85. The molecule has 168 valence electrons. The molecule has 0 aliphatic heterocycles. The van der Waals surface area contributed by atoms with E-state index in [0.717, 1.165) is 14.5 Å². The van der Waals surface area contributed by atoms with Gasteiger partial charge in [-0.25, -0.2) is 0 Å². The highest BCUT2D eigenvalue weighted by atomic mass is 79.9. The van der Waals surface area contributed by atoms with Crippen molar-refractivity contribution in [1.29, 1.82) is 5.26 Å². The van der Waals surface area contributed by atoms with Gasteiger partial charge in [-0.15, -0.1) is 0 Å². The van der Waals surface area contributed by atoms with Crippen LogP contribution in [-0.4, -0.2) is 12.5 Å². The molecule has 0 atom stereocenters. The summed E-state index contributed by atoms with van der Waals surface area (Å²) < 4.78 is 14.3. The predicted octanol–water partition coefficient (Wildman–Crippen LogP) is 7.50. The number of nitrogens with one attached hydrogen (secondary N) is 1. The van der Waals surface area contributed by atoms with Gasteiger partial charge < -0.3 is 14.8 Å². The second-order valence-corrected chi connectivity index (χ2v) is 9.40. The quantitative estimate of drug-likeness (QED) is 0.206. The van der Waals surface area contributed by atoms with Crippen LogP contribution in [0.4, 0.5) is 5.69 Å². The van der Waals surface area contributed by atoms with E-state index < -0.39 is 5.91 Å². The molecule has 0 unspecified atom stereocenters. The van der Waals surface area contributed by atoms with E-state index in [1.807, 2.05) is 49.4 Å². The summed E-state index contributed by atoms with van der Waals surface area (Å²) in [5, 5.41) is 12.3. The van der Waals surface area contributed by atoms with Crippen molar-refractivity contribution in [3.8, 4) is 17.6 Å². The Morgan fingerprint density at radius 3 is 2.42 bits per heavy atom. The van der Waals surface area contributed by atoms with Crippen LogP contribution in [0.2, 0.25) is 0 Å². The van der Waals surface area contributed by atoms with Gasteiger partial charge in [-0.3, -0.25) is 4.79 Å². The van der Waals surface area contributed by atoms with E-state index in [1.54, 1.807) is 24.3 Å². The molecule has 0 radical (unpaired) electrons. The number of amides is 1. The van der Waals surface area contributed by atoms with Gasteiger partial charge in [-0.05, 0) is 77.0 Å². The molecule has 33 heavy (non-hydrogen) atoms. The molecule has 0 aliphatic rings. The van der Waals surface area contributed by atoms with Gasteiger partial charge in [-0.1, -0.05) is 50.1 Å². The van der Waals surface area contributed by atoms with Crippen molar-refractivity contribution in [3.05, 3.63) is 90.8 Å². The fraction of sp³-hybridized carbons (Fsp3) is 0.120. The molecule has 1 N–H and O–H groups in total. The molecule has 3 aromatic carbocycles. The summed E-state index contributed by atoms with van der Waals surface area (Å²) in [5.41, 5.74) is 2.18. The Morgan fingerprint density at radius 2 is 1.76 bits per heavy atom. The SMILES string of the molecule is CCOc1cc(/C=C(\C#N)C(=O)Nc2ccc(Br)cc2)cc(Br)c1OCc1ccccc1Br. The Morgan fingerprint density at radius 1 is 1.03 bits per heavy atom. The average Bonchev–Trinajstić information content (AvgIpc) is 2.79. The third kappa shape index (κ3) is 6.94. The lowest BCUT2D eigenvalue weighted by atomic mass is 10.1. The highest BCUT2D eigenvalue weighted by Crippen LogP contribution is 2.38. The average molecular weight is 635 g/mol. The van der Waals surface area contributed by atoms with E-state index >= 15 is 0 Å². The van der Waals surface area contributed by atoms with Gasteiger partial charge in [0.15, 0.2) is 11.5 Å². The number of rotatable bonds is 8. The second-order valence-electron chi connectivity index (χ2n) is 6.77. The van der Waals surface area contributed by atoms with Crippen LogP contribution in [-0.2, 0) is 11.4 Å². The first-order valence-electron chi connectivity index (χ1n) is 9.92. The first-order chi connectivity index (χ1) is 15.9. The topological polar surface area (TPSA) is 71.3 Å². The Kier molecular flexibility index (Phi) is 9.12. The highest BCUT2D eigenvalue weighted by Gasteiger charge is 2.15. The summed E-state index contributed by atoms with van der Waals surface area (Å²) in [6, 6.07) is 20.4. The van der Waals surface area contributed by atoms with E-state index in [9.17, 15) is 10.1 Å². The lowest BCUT2D eigenvalue weighted by Gasteiger charge is -2.15. The van der Waals surface area contributed by atoms with E-state index in [-0.39, 0.29) is 5.57 Å². The molecule has 0 saturated heterocycles. The molecular weight excluding hydrogens is 616 g/mol. The maximum Gasteiger partial charge on any atom is 0.266 e. The zero-order valence-corrected chi connectivity index (χ0v) is 22.3. The van der Waals surface area contributed by atoms with Gasteiger partial charge in [0.25, 0.3) is 5.91 Å². The second kappa shape index (κ2) is 12.0. The first-order valence-corrected chi connectivity index (χ1v) is 12.3. The van der Waals surface area contributed by atoms with Crippen molar-refractivity contribution in [1.82, 2.24) is 0 Å². The van der Waals surface area contributed by atoms with Crippen LogP contribution >= 0.6 is 47.8 Å². The minimum Gasteiger partial charge on any atom is -0.490 e. The van der Waals surface area contributed by atoms with Crippen LogP contribution in [0.15, 0.2) is 79.7 Å². The number of nitrogens with zero attached hydrogens (tertiary/aromatic N) is 1. The van der Waals surface area contributed by atoms with E-state index in [4.69, 9.17) is 9.47 Å². The molecule has 3 aromatic rings. The van der Waals surface area contributed by atoms with Crippen LogP contribution in [0, 0.1) is 11.3 Å². The number of nitriles is 1. The summed E-state index contributed by atoms with van der Waals surface area (Å²) >= 11 is 10.4. The number of carbonyl (C=O) groups excluding carboxylic acids is 1. The summed E-state index contributed by atoms with van der Waals surface area (Å²) in [6.07, 6.45) is 1.51. The molecule has 0 bridgehead atoms. The third-order valence-corrected chi connectivity index (χ3v) is 6.33. The molecule has 0 aliphatic carbocycles. The fourth-order valence-corrected chi connectivity index (χ4v) is 4.12. The molecule has 0 spiro atoms. The van der Waals surface area contributed by atoms with Crippen molar-refractivity contribution < 1.29 is 14.3 Å². The molecule has 0 saturated carbocycles. The van der Waals surface area contributed by atoms with Crippen molar-refractivity contribution >= 4 is 65.5 Å². The monoisotopic (exact) mass is 632 g/mol. The van der Waals surface area contributed by atoms with Crippen molar-refractivity contribution in [2.75, 3.05) is 11.9 Å². The standard InChI is InChI=1S/C25H19Br3N2O3/c1-2-32-23-13-16(11-18(14-29)25(31)30-20-9-7-19(26)8-10-20)12-22(28)24(23)33-15-17-5-3-4-6-21(17)27/h3-13H,2,15H2,1H3,(H,30,31)/b18-11+. The smallest absolute Gasteiger partial charge is 0.266 e. The normalized spacial score (nSPS) is 10.9. The fourth-order valence-electron chi connectivity index (χ4n) is 2.89. The molecule has 5 nitrogen and oxygen atoms in total. The highest BCUT2D eigenvalue weighted by molar-refractivity contribution is 9.11. The van der Waals surface area contributed by atoms with E-state index in [0.29, 0.717) is 40.4 Å². The van der Waals surface area contributed by atoms with Gasteiger partial charge in [0.2, 0.25) is 0 Å². The number of benzene rings is 3. The minimum atomic E-state index is -0.497. The van der Waals surface area contributed by atoms with Gasteiger partial charge >= 0.3 is 0 Å². The zero-order valence-electron chi connectivity index (χ0n) is 17.6. The van der Waals surface area contributed by atoms with Crippen molar-refractivity contribution in [2.24, 2.45) is 0 Å². The molecule has 0 heterocycles. The molecule has 1 amide bonds. The van der Waals surface area contributed by atoms with Crippen LogP contribution in [0.5, 0.6) is 11.5 Å². The lowest BCUT2D eigenvalue weighted by molar-refractivity contribution is -0.112. The largest absolute Gasteiger partial charge is 0.490 e.